The SMILES string of the molecule is CC(C)(O)Cn1cc(-c2nc(N)ncc2C(C)(F)F)cn1. The Morgan fingerprint density at radius 3 is 2.52 bits per heavy atom. The van der Waals surface area contributed by atoms with Gasteiger partial charge in [-0.05, 0) is 13.8 Å². The van der Waals surface area contributed by atoms with Crippen molar-refractivity contribution in [3.05, 3.63) is 24.2 Å². The summed E-state index contributed by atoms with van der Waals surface area (Å²) in [6.07, 6.45) is 3.96. The zero-order valence-electron chi connectivity index (χ0n) is 12.0. The van der Waals surface area contributed by atoms with Gasteiger partial charge in [-0.15, -0.1) is 0 Å². The third-order valence-electron chi connectivity index (χ3n) is 2.74. The zero-order valence-corrected chi connectivity index (χ0v) is 12.0. The summed E-state index contributed by atoms with van der Waals surface area (Å²) in [4.78, 5) is 7.51. The maximum atomic E-state index is 13.6. The van der Waals surface area contributed by atoms with Crippen molar-refractivity contribution in [1.82, 2.24) is 19.7 Å². The van der Waals surface area contributed by atoms with Gasteiger partial charge in [0.1, 0.15) is 0 Å². The van der Waals surface area contributed by atoms with E-state index in [0.717, 1.165) is 13.1 Å². The van der Waals surface area contributed by atoms with E-state index < -0.39 is 11.5 Å². The van der Waals surface area contributed by atoms with E-state index in [9.17, 15) is 13.9 Å². The van der Waals surface area contributed by atoms with Gasteiger partial charge in [-0.1, -0.05) is 0 Å². The van der Waals surface area contributed by atoms with Crippen molar-refractivity contribution < 1.29 is 13.9 Å². The number of halogens is 2. The Labute approximate surface area is 120 Å². The maximum Gasteiger partial charge on any atom is 0.274 e. The number of nitrogens with zero attached hydrogens (tertiary/aromatic N) is 4. The van der Waals surface area contributed by atoms with E-state index in [1.165, 1.54) is 17.1 Å². The van der Waals surface area contributed by atoms with Crippen LogP contribution in [0.4, 0.5) is 14.7 Å². The summed E-state index contributed by atoms with van der Waals surface area (Å²) in [6.45, 7) is 4.25. The molecule has 0 amide bonds. The number of nitrogen functional groups attached to an aromatic ring is 1. The van der Waals surface area contributed by atoms with E-state index in [1.54, 1.807) is 13.8 Å². The van der Waals surface area contributed by atoms with E-state index in [1.807, 2.05) is 0 Å². The Morgan fingerprint density at radius 1 is 1.29 bits per heavy atom. The summed E-state index contributed by atoms with van der Waals surface area (Å²) in [5.41, 5.74) is 4.63. The monoisotopic (exact) mass is 297 g/mol. The summed E-state index contributed by atoms with van der Waals surface area (Å²) in [6, 6.07) is 0. The summed E-state index contributed by atoms with van der Waals surface area (Å²) in [5.74, 6) is -3.19. The molecule has 8 heteroatoms. The van der Waals surface area contributed by atoms with Gasteiger partial charge in [0.05, 0.1) is 29.6 Å². The minimum absolute atomic E-state index is 0.0389. The Hall–Kier alpha value is -2.09. The second-order valence-corrected chi connectivity index (χ2v) is 5.62. The number of hydrogen-bond donors (Lipinski definition) is 2. The van der Waals surface area contributed by atoms with Crippen molar-refractivity contribution in [2.75, 3.05) is 5.73 Å². The number of hydrogen-bond acceptors (Lipinski definition) is 5. The summed E-state index contributed by atoms with van der Waals surface area (Å²) in [5, 5.41) is 13.8. The molecule has 0 fully saturated rings. The Bertz CT molecular complexity index is 643. The van der Waals surface area contributed by atoms with Gasteiger partial charge in [-0.25, -0.2) is 18.7 Å². The first kappa shape index (κ1) is 15.3. The molecule has 114 valence electrons. The van der Waals surface area contributed by atoms with Crippen LogP contribution in [-0.4, -0.2) is 30.5 Å². The normalized spacial score (nSPS) is 12.7. The largest absolute Gasteiger partial charge is 0.389 e. The molecule has 21 heavy (non-hydrogen) atoms. The molecule has 0 saturated carbocycles. The molecule has 2 aromatic heterocycles. The van der Waals surface area contributed by atoms with Crippen LogP contribution in [0.5, 0.6) is 0 Å². The van der Waals surface area contributed by atoms with E-state index in [0.29, 0.717) is 5.56 Å². The van der Waals surface area contributed by atoms with Gasteiger partial charge < -0.3 is 10.8 Å². The molecule has 0 saturated heterocycles. The van der Waals surface area contributed by atoms with Crippen LogP contribution in [0.1, 0.15) is 26.3 Å². The highest BCUT2D eigenvalue weighted by atomic mass is 19.3. The van der Waals surface area contributed by atoms with Crippen LogP contribution in [0.15, 0.2) is 18.6 Å². The Morgan fingerprint density at radius 2 is 1.95 bits per heavy atom. The molecule has 0 bridgehead atoms. The van der Waals surface area contributed by atoms with Crippen molar-refractivity contribution in [3.63, 3.8) is 0 Å². The number of nitrogens with two attached hydrogens (primary N) is 1. The number of aliphatic hydroxyl groups is 1. The molecule has 2 rings (SSSR count). The maximum absolute atomic E-state index is 13.6. The first-order valence-corrected chi connectivity index (χ1v) is 6.32. The van der Waals surface area contributed by atoms with Crippen molar-refractivity contribution in [1.29, 1.82) is 0 Å². The molecule has 6 nitrogen and oxygen atoms in total. The van der Waals surface area contributed by atoms with Crippen LogP contribution in [0.2, 0.25) is 0 Å². The molecule has 3 N–H and O–H groups in total. The second kappa shape index (κ2) is 5.03. The van der Waals surface area contributed by atoms with Crippen LogP contribution in [0.25, 0.3) is 11.3 Å². The van der Waals surface area contributed by atoms with E-state index in [4.69, 9.17) is 5.73 Å². The van der Waals surface area contributed by atoms with Crippen LogP contribution in [-0.2, 0) is 12.5 Å². The van der Waals surface area contributed by atoms with Crippen LogP contribution in [0, 0.1) is 0 Å². The van der Waals surface area contributed by atoms with Gasteiger partial charge in [-0.3, -0.25) is 4.68 Å². The molecular formula is C13H17F2N5O. The van der Waals surface area contributed by atoms with E-state index >= 15 is 0 Å². The third-order valence-corrected chi connectivity index (χ3v) is 2.74. The smallest absolute Gasteiger partial charge is 0.274 e. The van der Waals surface area contributed by atoms with Crippen LogP contribution < -0.4 is 5.73 Å². The van der Waals surface area contributed by atoms with Crippen molar-refractivity contribution in [2.45, 2.75) is 38.8 Å². The molecule has 0 spiro atoms. The first-order chi connectivity index (χ1) is 9.56. The Balaban J connectivity index is 2.45. The average molecular weight is 297 g/mol. The fourth-order valence-electron chi connectivity index (χ4n) is 1.91. The number of rotatable bonds is 4. The third kappa shape index (κ3) is 3.72. The lowest BCUT2D eigenvalue weighted by molar-refractivity contribution is 0.0174. The molecule has 0 atom stereocenters. The zero-order chi connectivity index (χ0) is 15.8. The second-order valence-electron chi connectivity index (χ2n) is 5.62. The van der Waals surface area contributed by atoms with Gasteiger partial charge in [0.15, 0.2) is 0 Å². The minimum atomic E-state index is -3.10. The van der Waals surface area contributed by atoms with E-state index in [2.05, 4.69) is 15.1 Å². The Kier molecular flexibility index (Phi) is 3.66. The number of alkyl halides is 2. The molecule has 0 aliphatic carbocycles. The standard InChI is InChI=1S/C13H17F2N5O/c1-12(2,21)7-20-6-8(4-18-20)10-9(13(3,14)15)5-17-11(16)19-10/h4-6,21H,7H2,1-3H3,(H2,16,17,19). The lowest BCUT2D eigenvalue weighted by Gasteiger charge is -2.16. The fourth-order valence-corrected chi connectivity index (χ4v) is 1.91. The lowest BCUT2D eigenvalue weighted by Crippen LogP contribution is -2.26. The molecule has 0 aliphatic rings. The van der Waals surface area contributed by atoms with Gasteiger partial charge in [0, 0.05) is 24.9 Å². The van der Waals surface area contributed by atoms with Gasteiger partial charge in [-0.2, -0.15) is 5.10 Å². The molecule has 2 aromatic rings. The number of anilines is 1. The van der Waals surface area contributed by atoms with Crippen molar-refractivity contribution in [2.24, 2.45) is 0 Å². The molecule has 0 aromatic carbocycles. The van der Waals surface area contributed by atoms with Crippen molar-refractivity contribution in [3.8, 4) is 11.3 Å². The van der Waals surface area contributed by atoms with Gasteiger partial charge in [0.25, 0.3) is 5.92 Å². The summed E-state index contributed by atoms with van der Waals surface area (Å²) in [7, 11) is 0. The minimum Gasteiger partial charge on any atom is -0.389 e. The van der Waals surface area contributed by atoms with Crippen LogP contribution >= 0.6 is 0 Å². The molecule has 0 radical (unpaired) electrons. The highest BCUT2D eigenvalue weighted by Crippen LogP contribution is 2.34. The lowest BCUT2D eigenvalue weighted by atomic mass is 10.1. The molecule has 0 aliphatic heterocycles. The topological polar surface area (TPSA) is 89.8 Å². The van der Waals surface area contributed by atoms with E-state index in [-0.39, 0.29) is 23.8 Å². The molecule has 0 unspecified atom stereocenters. The highest BCUT2D eigenvalue weighted by molar-refractivity contribution is 5.63. The molecular weight excluding hydrogens is 280 g/mol. The molecule has 2 heterocycles. The first-order valence-electron chi connectivity index (χ1n) is 6.32. The summed E-state index contributed by atoms with van der Waals surface area (Å²) < 4.78 is 28.7. The fraction of sp³-hybridized carbons (Fsp3) is 0.462. The predicted molar refractivity (Wildman–Crippen MR) is 73.5 cm³/mol. The predicted octanol–water partition coefficient (Wildman–Crippen LogP) is 1.80. The summed E-state index contributed by atoms with van der Waals surface area (Å²) >= 11 is 0. The average Bonchev–Trinajstić information content (AvgIpc) is 2.73. The van der Waals surface area contributed by atoms with Gasteiger partial charge in [0.2, 0.25) is 5.95 Å². The highest BCUT2D eigenvalue weighted by Gasteiger charge is 2.30. The van der Waals surface area contributed by atoms with Crippen LogP contribution in [0.3, 0.4) is 0 Å². The quantitative estimate of drug-likeness (QED) is 0.898. The number of aromatic nitrogens is 4. The van der Waals surface area contributed by atoms with Gasteiger partial charge >= 0.3 is 0 Å². The van der Waals surface area contributed by atoms with Crippen molar-refractivity contribution >= 4 is 5.95 Å².